The van der Waals surface area contributed by atoms with Crippen LogP contribution in [0.1, 0.15) is 15.9 Å². The minimum atomic E-state index is -0.0599. The first-order valence-electron chi connectivity index (χ1n) is 6.52. The van der Waals surface area contributed by atoms with Crippen LogP contribution in [-0.4, -0.2) is 19.7 Å². The predicted octanol–water partition coefficient (Wildman–Crippen LogP) is 3.32. The van der Waals surface area contributed by atoms with E-state index in [1.807, 2.05) is 18.2 Å². The van der Waals surface area contributed by atoms with Crippen LogP contribution in [0.3, 0.4) is 0 Å². The predicted molar refractivity (Wildman–Crippen MR) is 78.9 cm³/mol. The summed E-state index contributed by atoms with van der Waals surface area (Å²) in [6.45, 7) is 0.243. The Balaban J connectivity index is 1.74. The second-order valence-corrected chi connectivity index (χ2v) is 4.54. The third kappa shape index (κ3) is 2.89. The number of ether oxygens (including phenoxy) is 3. The Hall–Kier alpha value is -2.75. The van der Waals surface area contributed by atoms with Gasteiger partial charge in [0.1, 0.15) is 5.75 Å². The Labute approximate surface area is 122 Å². The van der Waals surface area contributed by atoms with Crippen LogP contribution in [0, 0.1) is 0 Å². The van der Waals surface area contributed by atoms with Gasteiger partial charge >= 0.3 is 0 Å². The van der Waals surface area contributed by atoms with Gasteiger partial charge in [-0.2, -0.15) is 0 Å². The second-order valence-electron chi connectivity index (χ2n) is 4.54. The van der Waals surface area contributed by atoms with E-state index in [4.69, 9.17) is 14.2 Å². The van der Waals surface area contributed by atoms with E-state index in [1.165, 1.54) is 0 Å². The van der Waals surface area contributed by atoms with Crippen LogP contribution in [0.5, 0.6) is 17.2 Å². The van der Waals surface area contributed by atoms with Gasteiger partial charge in [-0.15, -0.1) is 0 Å². The Morgan fingerprint density at radius 2 is 1.86 bits per heavy atom. The van der Waals surface area contributed by atoms with Crippen molar-refractivity contribution in [2.75, 3.05) is 13.9 Å². The highest BCUT2D eigenvalue weighted by molar-refractivity contribution is 6.06. The molecule has 0 atom stereocenters. The molecule has 0 spiro atoms. The Morgan fingerprint density at radius 1 is 1.10 bits per heavy atom. The maximum Gasteiger partial charge on any atom is 0.231 e. The normalized spacial score (nSPS) is 12.6. The minimum absolute atomic E-state index is 0.0599. The van der Waals surface area contributed by atoms with Gasteiger partial charge < -0.3 is 14.2 Å². The summed E-state index contributed by atoms with van der Waals surface area (Å²) >= 11 is 0. The molecule has 3 rings (SSSR count). The van der Waals surface area contributed by atoms with Gasteiger partial charge in [0.2, 0.25) is 6.79 Å². The molecule has 0 bridgehead atoms. The smallest absolute Gasteiger partial charge is 0.231 e. The third-order valence-corrected chi connectivity index (χ3v) is 3.20. The van der Waals surface area contributed by atoms with Crippen LogP contribution in [0.25, 0.3) is 6.08 Å². The molecular formula is C17H14O4. The Morgan fingerprint density at radius 3 is 2.62 bits per heavy atom. The van der Waals surface area contributed by atoms with Gasteiger partial charge in [0.05, 0.1) is 7.11 Å². The molecule has 1 heterocycles. The van der Waals surface area contributed by atoms with Gasteiger partial charge in [-0.3, -0.25) is 4.79 Å². The number of hydrogen-bond donors (Lipinski definition) is 0. The summed E-state index contributed by atoms with van der Waals surface area (Å²) in [5, 5.41) is 0. The minimum Gasteiger partial charge on any atom is -0.497 e. The zero-order chi connectivity index (χ0) is 14.7. The largest absolute Gasteiger partial charge is 0.497 e. The SMILES string of the molecule is COc1ccc(C(=O)/C=C\c2ccc3c(c2)OCO3)cc1. The van der Waals surface area contributed by atoms with Gasteiger partial charge in [0, 0.05) is 5.56 Å². The summed E-state index contributed by atoms with van der Waals surface area (Å²) in [6.07, 6.45) is 3.30. The monoisotopic (exact) mass is 282 g/mol. The second kappa shape index (κ2) is 5.71. The summed E-state index contributed by atoms with van der Waals surface area (Å²) in [5.41, 5.74) is 1.51. The number of carbonyl (C=O) groups is 1. The van der Waals surface area contributed by atoms with Crippen molar-refractivity contribution in [1.29, 1.82) is 0 Å². The molecule has 0 fully saturated rings. The zero-order valence-corrected chi connectivity index (χ0v) is 11.5. The topological polar surface area (TPSA) is 44.8 Å². The average molecular weight is 282 g/mol. The summed E-state index contributed by atoms with van der Waals surface area (Å²) in [4.78, 5) is 12.1. The maximum atomic E-state index is 12.1. The standard InChI is InChI=1S/C17H14O4/c1-19-14-6-4-13(5-7-14)15(18)8-2-12-3-9-16-17(10-12)21-11-20-16/h2-10H,11H2,1H3/b8-2-. The van der Waals surface area contributed by atoms with E-state index >= 15 is 0 Å². The molecule has 4 nitrogen and oxygen atoms in total. The van der Waals surface area contributed by atoms with Crippen LogP contribution in [0.2, 0.25) is 0 Å². The van der Waals surface area contributed by atoms with E-state index in [0.29, 0.717) is 11.3 Å². The summed E-state index contributed by atoms with van der Waals surface area (Å²) in [7, 11) is 1.59. The van der Waals surface area contributed by atoms with Crippen LogP contribution < -0.4 is 14.2 Å². The lowest BCUT2D eigenvalue weighted by Gasteiger charge is -2.00. The van der Waals surface area contributed by atoms with Crippen LogP contribution in [0.4, 0.5) is 0 Å². The van der Waals surface area contributed by atoms with Crippen molar-refractivity contribution in [3.63, 3.8) is 0 Å². The first-order chi connectivity index (χ1) is 10.3. The molecule has 2 aromatic carbocycles. The first kappa shape index (κ1) is 13.2. The number of fused-ring (bicyclic) bond motifs is 1. The van der Waals surface area contributed by atoms with E-state index in [1.54, 1.807) is 43.5 Å². The lowest BCUT2D eigenvalue weighted by atomic mass is 10.1. The summed E-state index contributed by atoms with van der Waals surface area (Å²) < 4.78 is 15.6. The molecule has 2 aromatic rings. The first-order valence-corrected chi connectivity index (χ1v) is 6.52. The van der Waals surface area contributed by atoms with Crippen molar-refractivity contribution in [2.24, 2.45) is 0 Å². The number of methoxy groups -OCH3 is 1. The molecule has 106 valence electrons. The lowest BCUT2D eigenvalue weighted by molar-refractivity contribution is 0.104. The van der Waals surface area contributed by atoms with E-state index < -0.39 is 0 Å². The molecule has 0 aromatic heterocycles. The Bertz CT molecular complexity index is 686. The average Bonchev–Trinajstić information content (AvgIpc) is 3.00. The van der Waals surface area contributed by atoms with E-state index in [9.17, 15) is 4.79 Å². The van der Waals surface area contributed by atoms with Gasteiger partial charge in [0.15, 0.2) is 17.3 Å². The number of carbonyl (C=O) groups excluding carboxylic acids is 1. The van der Waals surface area contributed by atoms with Crippen LogP contribution in [0.15, 0.2) is 48.5 Å². The zero-order valence-electron chi connectivity index (χ0n) is 11.5. The summed E-state index contributed by atoms with van der Waals surface area (Å²) in [5.74, 6) is 2.10. The quantitative estimate of drug-likeness (QED) is 0.637. The van der Waals surface area contributed by atoms with Crippen molar-refractivity contribution >= 4 is 11.9 Å². The Kier molecular flexibility index (Phi) is 3.60. The highest BCUT2D eigenvalue weighted by Crippen LogP contribution is 2.32. The van der Waals surface area contributed by atoms with E-state index in [0.717, 1.165) is 17.1 Å². The molecule has 1 aliphatic rings. The molecule has 1 aliphatic heterocycles. The molecular weight excluding hydrogens is 268 g/mol. The molecule has 4 heteroatoms. The van der Waals surface area contributed by atoms with Gasteiger partial charge in [0.25, 0.3) is 0 Å². The van der Waals surface area contributed by atoms with Crippen molar-refractivity contribution in [1.82, 2.24) is 0 Å². The lowest BCUT2D eigenvalue weighted by Crippen LogP contribution is -1.94. The van der Waals surface area contributed by atoms with Gasteiger partial charge in [-0.1, -0.05) is 12.1 Å². The van der Waals surface area contributed by atoms with E-state index in [-0.39, 0.29) is 12.6 Å². The van der Waals surface area contributed by atoms with Gasteiger partial charge in [-0.25, -0.2) is 0 Å². The molecule has 0 amide bonds. The molecule has 0 N–H and O–H groups in total. The number of benzene rings is 2. The number of allylic oxidation sites excluding steroid dienone is 1. The molecule has 21 heavy (non-hydrogen) atoms. The molecule has 0 radical (unpaired) electrons. The molecule has 0 saturated heterocycles. The van der Waals surface area contributed by atoms with Crippen molar-refractivity contribution in [3.8, 4) is 17.2 Å². The van der Waals surface area contributed by atoms with E-state index in [2.05, 4.69) is 0 Å². The number of ketones is 1. The van der Waals surface area contributed by atoms with Crippen LogP contribution in [-0.2, 0) is 0 Å². The summed E-state index contributed by atoms with van der Waals surface area (Å²) in [6, 6.07) is 12.6. The highest BCUT2D eigenvalue weighted by Gasteiger charge is 2.12. The molecule has 0 saturated carbocycles. The highest BCUT2D eigenvalue weighted by atomic mass is 16.7. The molecule has 0 aliphatic carbocycles. The third-order valence-electron chi connectivity index (χ3n) is 3.20. The fourth-order valence-corrected chi connectivity index (χ4v) is 2.04. The number of hydrogen-bond acceptors (Lipinski definition) is 4. The fourth-order valence-electron chi connectivity index (χ4n) is 2.04. The maximum absolute atomic E-state index is 12.1. The van der Waals surface area contributed by atoms with Crippen molar-refractivity contribution in [2.45, 2.75) is 0 Å². The van der Waals surface area contributed by atoms with Crippen molar-refractivity contribution in [3.05, 3.63) is 59.7 Å². The van der Waals surface area contributed by atoms with Crippen LogP contribution >= 0.6 is 0 Å². The van der Waals surface area contributed by atoms with Gasteiger partial charge in [-0.05, 0) is 48.0 Å². The van der Waals surface area contributed by atoms with Crippen molar-refractivity contribution < 1.29 is 19.0 Å². The fraction of sp³-hybridized carbons (Fsp3) is 0.118. The molecule has 0 unspecified atom stereocenters. The number of rotatable bonds is 4.